The number of halogens is 2. The van der Waals surface area contributed by atoms with Crippen LogP contribution in [0.4, 0.5) is 10.3 Å². The third-order valence-corrected chi connectivity index (χ3v) is 2.76. The van der Waals surface area contributed by atoms with Crippen molar-refractivity contribution in [3.8, 4) is 11.1 Å². The van der Waals surface area contributed by atoms with E-state index in [0.717, 1.165) is 11.1 Å². The molecule has 78 valence electrons. The Morgan fingerprint density at radius 1 is 1.40 bits per heavy atom. The highest BCUT2D eigenvalue weighted by molar-refractivity contribution is 9.10. The summed E-state index contributed by atoms with van der Waals surface area (Å²) in [6, 6.07) is 3.10. The predicted molar refractivity (Wildman–Crippen MR) is 58.7 cm³/mol. The topological polar surface area (TPSA) is 52.0 Å². The Hall–Kier alpha value is -1.36. The van der Waals surface area contributed by atoms with Crippen LogP contribution in [0.1, 0.15) is 5.56 Å². The lowest BCUT2D eigenvalue weighted by atomic mass is 10.0. The van der Waals surface area contributed by atoms with Crippen molar-refractivity contribution >= 4 is 21.8 Å². The monoisotopic (exact) mass is 270 g/mol. The van der Waals surface area contributed by atoms with Crippen LogP contribution in [-0.4, -0.2) is 5.16 Å². The minimum atomic E-state index is -0.300. The molecule has 0 aliphatic carbocycles. The van der Waals surface area contributed by atoms with Gasteiger partial charge in [-0.3, -0.25) is 0 Å². The average Bonchev–Trinajstić information content (AvgIpc) is 2.58. The lowest BCUT2D eigenvalue weighted by molar-refractivity contribution is 0.436. The van der Waals surface area contributed by atoms with Crippen molar-refractivity contribution < 1.29 is 8.91 Å². The molecule has 0 fully saturated rings. The Labute approximate surface area is 94.2 Å². The summed E-state index contributed by atoms with van der Waals surface area (Å²) in [5.74, 6) is -0.0668. The maximum atomic E-state index is 13.2. The molecule has 2 rings (SSSR count). The van der Waals surface area contributed by atoms with Gasteiger partial charge in [0.25, 0.3) is 0 Å². The predicted octanol–water partition coefficient (Wildman–Crippen LogP) is 3.13. The van der Waals surface area contributed by atoms with Gasteiger partial charge in [0.15, 0.2) is 0 Å². The number of nitrogens with two attached hydrogens (primary N) is 1. The van der Waals surface area contributed by atoms with E-state index in [2.05, 4.69) is 21.1 Å². The molecule has 0 amide bonds. The second-order valence-electron chi connectivity index (χ2n) is 3.18. The Balaban J connectivity index is 2.64. The fourth-order valence-corrected chi connectivity index (χ4v) is 1.73. The van der Waals surface area contributed by atoms with E-state index in [-0.39, 0.29) is 11.7 Å². The zero-order chi connectivity index (χ0) is 11.0. The van der Waals surface area contributed by atoms with Crippen molar-refractivity contribution in [2.75, 3.05) is 5.73 Å². The van der Waals surface area contributed by atoms with Crippen LogP contribution in [0.2, 0.25) is 0 Å². The first-order chi connectivity index (χ1) is 7.09. The number of benzene rings is 1. The third kappa shape index (κ3) is 1.74. The van der Waals surface area contributed by atoms with Gasteiger partial charge in [-0.15, -0.1) is 0 Å². The normalized spacial score (nSPS) is 10.6. The van der Waals surface area contributed by atoms with E-state index in [9.17, 15) is 4.39 Å². The van der Waals surface area contributed by atoms with Gasteiger partial charge >= 0.3 is 0 Å². The molecule has 15 heavy (non-hydrogen) atoms. The highest BCUT2D eigenvalue weighted by atomic mass is 79.9. The summed E-state index contributed by atoms with van der Waals surface area (Å²) in [6.45, 7) is 1.80. The average molecular weight is 271 g/mol. The van der Waals surface area contributed by atoms with E-state index in [1.54, 1.807) is 13.0 Å². The van der Waals surface area contributed by atoms with Gasteiger partial charge in [-0.25, -0.2) is 4.39 Å². The van der Waals surface area contributed by atoms with E-state index >= 15 is 0 Å². The summed E-state index contributed by atoms with van der Waals surface area (Å²) in [5, 5.41) is 3.58. The molecule has 2 N–H and O–H groups in total. The van der Waals surface area contributed by atoms with Crippen LogP contribution < -0.4 is 5.73 Å². The molecule has 0 radical (unpaired) electrons. The molecular weight excluding hydrogens is 263 g/mol. The second-order valence-corrected chi connectivity index (χ2v) is 4.04. The lowest BCUT2D eigenvalue weighted by Crippen LogP contribution is -1.89. The molecule has 0 spiro atoms. The molecule has 0 saturated heterocycles. The SMILES string of the molecule is Cc1cc(F)c(Br)cc1-c1cnoc1N. The highest BCUT2D eigenvalue weighted by Gasteiger charge is 2.12. The number of rotatable bonds is 1. The molecule has 2 aromatic rings. The fraction of sp³-hybridized carbons (Fsp3) is 0.100. The summed E-state index contributed by atoms with van der Waals surface area (Å²) in [7, 11) is 0. The van der Waals surface area contributed by atoms with Crippen molar-refractivity contribution in [1.82, 2.24) is 5.16 Å². The van der Waals surface area contributed by atoms with E-state index < -0.39 is 0 Å². The van der Waals surface area contributed by atoms with Crippen molar-refractivity contribution in [2.45, 2.75) is 6.92 Å². The van der Waals surface area contributed by atoms with E-state index in [0.29, 0.717) is 10.0 Å². The molecule has 0 atom stereocenters. The lowest BCUT2D eigenvalue weighted by Gasteiger charge is -2.05. The van der Waals surface area contributed by atoms with Crippen molar-refractivity contribution in [2.24, 2.45) is 0 Å². The molecule has 0 bridgehead atoms. The minimum absolute atomic E-state index is 0.233. The first kappa shape index (κ1) is 10.2. The standard InChI is InChI=1S/C10H8BrFN2O/c1-5-2-9(12)8(11)3-6(5)7-4-14-15-10(7)13/h2-4H,13H2,1H3. The smallest absolute Gasteiger partial charge is 0.229 e. The van der Waals surface area contributed by atoms with E-state index in [1.165, 1.54) is 12.3 Å². The van der Waals surface area contributed by atoms with Gasteiger partial charge in [0.2, 0.25) is 5.88 Å². The van der Waals surface area contributed by atoms with E-state index in [1.807, 2.05) is 0 Å². The van der Waals surface area contributed by atoms with E-state index in [4.69, 9.17) is 10.3 Å². The summed E-state index contributed by atoms with van der Waals surface area (Å²) in [6.07, 6.45) is 1.52. The molecular formula is C10H8BrFN2O. The van der Waals surface area contributed by atoms with Gasteiger partial charge in [0.05, 0.1) is 16.2 Å². The van der Waals surface area contributed by atoms with Gasteiger partial charge in [-0.2, -0.15) is 0 Å². The van der Waals surface area contributed by atoms with Gasteiger partial charge in [0, 0.05) is 0 Å². The van der Waals surface area contributed by atoms with Crippen LogP contribution in [0, 0.1) is 12.7 Å². The first-order valence-corrected chi connectivity index (χ1v) is 5.05. The Morgan fingerprint density at radius 2 is 2.13 bits per heavy atom. The molecule has 0 unspecified atom stereocenters. The number of hydrogen-bond acceptors (Lipinski definition) is 3. The Morgan fingerprint density at radius 3 is 2.73 bits per heavy atom. The number of aryl methyl sites for hydroxylation is 1. The molecule has 1 heterocycles. The highest BCUT2D eigenvalue weighted by Crippen LogP contribution is 2.31. The number of hydrogen-bond donors (Lipinski definition) is 1. The number of aromatic nitrogens is 1. The summed E-state index contributed by atoms with van der Waals surface area (Å²) < 4.78 is 18.3. The quantitative estimate of drug-likeness (QED) is 0.866. The number of nitrogen functional groups attached to an aromatic ring is 1. The molecule has 1 aromatic heterocycles. The number of nitrogens with zero attached hydrogens (tertiary/aromatic N) is 1. The van der Waals surface area contributed by atoms with Gasteiger partial charge < -0.3 is 10.3 Å². The molecule has 5 heteroatoms. The Kier molecular flexibility index (Phi) is 2.48. The third-order valence-electron chi connectivity index (χ3n) is 2.16. The summed E-state index contributed by atoms with van der Waals surface area (Å²) in [4.78, 5) is 0. The summed E-state index contributed by atoms with van der Waals surface area (Å²) in [5.41, 5.74) is 7.86. The number of anilines is 1. The van der Waals surface area contributed by atoms with Crippen LogP contribution in [0.25, 0.3) is 11.1 Å². The molecule has 0 aliphatic heterocycles. The Bertz CT molecular complexity index is 510. The van der Waals surface area contributed by atoms with Gasteiger partial charge in [-0.05, 0) is 46.1 Å². The van der Waals surface area contributed by atoms with Crippen LogP contribution >= 0.6 is 15.9 Å². The zero-order valence-electron chi connectivity index (χ0n) is 7.92. The van der Waals surface area contributed by atoms with Gasteiger partial charge in [-0.1, -0.05) is 5.16 Å². The van der Waals surface area contributed by atoms with Crippen molar-refractivity contribution in [3.05, 3.63) is 34.2 Å². The molecule has 0 saturated carbocycles. The largest absolute Gasteiger partial charge is 0.367 e. The first-order valence-electron chi connectivity index (χ1n) is 4.25. The minimum Gasteiger partial charge on any atom is -0.367 e. The van der Waals surface area contributed by atoms with Crippen LogP contribution in [0.5, 0.6) is 0 Å². The maximum absolute atomic E-state index is 13.2. The maximum Gasteiger partial charge on any atom is 0.229 e. The fourth-order valence-electron chi connectivity index (χ4n) is 1.39. The second kappa shape index (κ2) is 3.66. The van der Waals surface area contributed by atoms with Crippen LogP contribution in [0.15, 0.2) is 27.3 Å². The van der Waals surface area contributed by atoms with Crippen molar-refractivity contribution in [1.29, 1.82) is 0 Å². The van der Waals surface area contributed by atoms with Gasteiger partial charge in [0.1, 0.15) is 5.82 Å². The summed E-state index contributed by atoms with van der Waals surface area (Å²) >= 11 is 3.12. The van der Waals surface area contributed by atoms with Crippen LogP contribution in [0.3, 0.4) is 0 Å². The van der Waals surface area contributed by atoms with Crippen LogP contribution in [-0.2, 0) is 0 Å². The van der Waals surface area contributed by atoms with Crippen molar-refractivity contribution in [3.63, 3.8) is 0 Å². The zero-order valence-corrected chi connectivity index (χ0v) is 9.51. The molecule has 0 aliphatic rings. The molecule has 1 aromatic carbocycles. The molecule has 3 nitrogen and oxygen atoms in total.